The summed E-state index contributed by atoms with van der Waals surface area (Å²) < 4.78 is 39.9. The fourth-order valence-electron chi connectivity index (χ4n) is 4.45. The Morgan fingerprint density at radius 2 is 1.63 bits per heavy atom. The molecule has 1 atom stereocenters. The highest BCUT2D eigenvalue weighted by molar-refractivity contribution is 7.92. The Balaban J connectivity index is 2.06. The van der Waals surface area contributed by atoms with Gasteiger partial charge in [0, 0.05) is 18.1 Å². The summed E-state index contributed by atoms with van der Waals surface area (Å²) in [4.78, 5) is 29.0. The lowest BCUT2D eigenvalue weighted by Crippen LogP contribution is -2.52. The molecule has 0 aliphatic heterocycles. The summed E-state index contributed by atoms with van der Waals surface area (Å²) in [5, 5.41) is 3.31. The fourth-order valence-corrected chi connectivity index (χ4v) is 5.99. The van der Waals surface area contributed by atoms with Gasteiger partial charge in [-0.1, -0.05) is 44.5 Å². The van der Waals surface area contributed by atoms with Gasteiger partial charge in [0.05, 0.1) is 24.3 Å². The Morgan fingerprint density at radius 3 is 2.21 bits per heavy atom. The second-order valence-corrected chi connectivity index (χ2v) is 12.6. The largest absolute Gasteiger partial charge is 0.497 e. The maximum Gasteiger partial charge on any atom is 0.264 e. The predicted octanol–water partition coefficient (Wildman–Crippen LogP) is 5.52. The molecule has 43 heavy (non-hydrogen) atoms. The van der Waals surface area contributed by atoms with Crippen LogP contribution >= 0.6 is 11.6 Å². The average molecular weight is 630 g/mol. The normalized spacial score (nSPS) is 12.0. The van der Waals surface area contributed by atoms with Crippen LogP contribution in [0, 0.1) is 5.92 Å². The van der Waals surface area contributed by atoms with Gasteiger partial charge in [-0.15, -0.1) is 0 Å². The number of amides is 2. The van der Waals surface area contributed by atoms with E-state index in [-0.39, 0.29) is 29.0 Å². The van der Waals surface area contributed by atoms with E-state index in [9.17, 15) is 18.0 Å². The number of methoxy groups -OCH3 is 1. The minimum Gasteiger partial charge on any atom is -0.497 e. The Bertz CT molecular complexity index is 1460. The summed E-state index contributed by atoms with van der Waals surface area (Å²) in [6.07, 6.45) is 0.326. The number of sulfonamides is 1. The number of carbonyl (C=O) groups is 2. The lowest BCUT2D eigenvalue weighted by atomic mass is 10.1. The molecule has 3 aromatic carbocycles. The number of anilines is 1. The average Bonchev–Trinajstić information content (AvgIpc) is 2.99. The van der Waals surface area contributed by atoms with E-state index in [1.165, 1.54) is 29.2 Å². The molecule has 0 unspecified atom stereocenters. The van der Waals surface area contributed by atoms with E-state index in [2.05, 4.69) is 5.32 Å². The lowest BCUT2D eigenvalue weighted by molar-refractivity contribution is -0.140. The number of ether oxygens (including phenoxy) is 2. The summed E-state index contributed by atoms with van der Waals surface area (Å²) in [5.74, 6) is 0.530. The van der Waals surface area contributed by atoms with E-state index >= 15 is 0 Å². The molecule has 0 heterocycles. The summed E-state index contributed by atoms with van der Waals surface area (Å²) >= 11 is 6.03. The monoisotopic (exact) mass is 629 g/mol. The smallest absolute Gasteiger partial charge is 0.264 e. The third-order valence-electron chi connectivity index (χ3n) is 6.67. The molecule has 0 aliphatic carbocycles. The molecule has 0 saturated heterocycles. The number of carbonyl (C=O) groups excluding carboxylic acids is 2. The van der Waals surface area contributed by atoms with Crippen LogP contribution in [0.1, 0.15) is 39.7 Å². The first-order valence-electron chi connectivity index (χ1n) is 14.2. The van der Waals surface area contributed by atoms with E-state index < -0.39 is 28.5 Å². The molecule has 11 heteroatoms. The zero-order valence-corrected chi connectivity index (χ0v) is 26.8. The van der Waals surface area contributed by atoms with E-state index in [1.807, 2.05) is 33.8 Å². The second kappa shape index (κ2) is 15.6. The van der Waals surface area contributed by atoms with Crippen LogP contribution in [0.2, 0.25) is 5.02 Å². The van der Waals surface area contributed by atoms with Crippen LogP contribution in [-0.4, -0.2) is 58.0 Å². The summed E-state index contributed by atoms with van der Waals surface area (Å²) in [7, 11) is -2.67. The summed E-state index contributed by atoms with van der Waals surface area (Å²) in [6.45, 7) is 8.05. The molecule has 0 aromatic heterocycles. The highest BCUT2D eigenvalue weighted by atomic mass is 35.5. The number of hydrogen-bond donors (Lipinski definition) is 1. The second-order valence-electron chi connectivity index (χ2n) is 10.3. The van der Waals surface area contributed by atoms with Crippen molar-refractivity contribution in [2.75, 3.05) is 31.1 Å². The molecular formula is C32H40ClN3O6S. The van der Waals surface area contributed by atoms with Gasteiger partial charge in [-0.05, 0) is 85.5 Å². The Hall–Kier alpha value is -3.76. The number of nitrogens with one attached hydrogen (secondary N) is 1. The molecule has 3 aromatic rings. The van der Waals surface area contributed by atoms with Gasteiger partial charge in [0.15, 0.2) is 0 Å². The van der Waals surface area contributed by atoms with E-state index in [0.717, 1.165) is 9.87 Å². The van der Waals surface area contributed by atoms with Crippen molar-refractivity contribution in [2.24, 2.45) is 5.92 Å². The molecule has 0 bridgehead atoms. The van der Waals surface area contributed by atoms with E-state index in [1.54, 1.807) is 49.6 Å². The zero-order valence-electron chi connectivity index (χ0n) is 25.2. The van der Waals surface area contributed by atoms with Gasteiger partial charge in [0.1, 0.15) is 24.1 Å². The standard InChI is InChI=1S/C32H40ClN3O6S/c1-6-30(32(38)34-20-23(3)4)35(21-24-9-8-10-28(19-24)41-5)31(37)22-36(26-13-15-27(16-14-26)42-7-2)43(39,40)29-17-11-25(33)12-18-29/h8-19,23,30H,6-7,20-22H2,1-5H3,(H,34,38)/t30-/m0/s1. The van der Waals surface area contributed by atoms with Crippen LogP contribution < -0.4 is 19.1 Å². The van der Waals surface area contributed by atoms with Crippen LogP contribution in [0.5, 0.6) is 11.5 Å². The van der Waals surface area contributed by atoms with Crippen LogP contribution in [0.15, 0.2) is 77.7 Å². The van der Waals surface area contributed by atoms with Crippen molar-refractivity contribution >= 4 is 39.1 Å². The number of benzene rings is 3. The Morgan fingerprint density at radius 1 is 0.953 bits per heavy atom. The number of rotatable bonds is 15. The van der Waals surface area contributed by atoms with Crippen LogP contribution in [0.4, 0.5) is 5.69 Å². The lowest BCUT2D eigenvalue weighted by Gasteiger charge is -2.33. The fraction of sp³-hybridized carbons (Fsp3) is 0.375. The highest BCUT2D eigenvalue weighted by Gasteiger charge is 2.33. The minimum atomic E-state index is -4.22. The molecule has 1 N–H and O–H groups in total. The maximum absolute atomic E-state index is 14.2. The molecule has 0 fully saturated rings. The van der Waals surface area contributed by atoms with Gasteiger partial charge >= 0.3 is 0 Å². The van der Waals surface area contributed by atoms with Crippen LogP contribution in [0.25, 0.3) is 0 Å². The molecule has 0 saturated carbocycles. The number of nitrogens with zero attached hydrogens (tertiary/aromatic N) is 2. The zero-order chi connectivity index (χ0) is 31.6. The van der Waals surface area contributed by atoms with Gasteiger partial charge in [-0.25, -0.2) is 8.42 Å². The van der Waals surface area contributed by atoms with Crippen LogP contribution in [-0.2, 0) is 26.2 Å². The minimum absolute atomic E-state index is 0.0281. The van der Waals surface area contributed by atoms with Gasteiger partial charge in [-0.3, -0.25) is 13.9 Å². The molecule has 0 aliphatic rings. The molecule has 9 nitrogen and oxygen atoms in total. The number of hydrogen-bond acceptors (Lipinski definition) is 6. The van der Waals surface area contributed by atoms with Crippen LogP contribution in [0.3, 0.4) is 0 Å². The predicted molar refractivity (Wildman–Crippen MR) is 169 cm³/mol. The molecule has 0 spiro atoms. The first-order valence-corrected chi connectivity index (χ1v) is 16.0. The molecular weight excluding hydrogens is 590 g/mol. The van der Waals surface area contributed by atoms with Crippen molar-refractivity contribution in [3.05, 3.63) is 83.4 Å². The first-order chi connectivity index (χ1) is 20.5. The molecule has 2 amide bonds. The molecule has 0 radical (unpaired) electrons. The van der Waals surface area contributed by atoms with Gasteiger partial charge in [-0.2, -0.15) is 0 Å². The van der Waals surface area contributed by atoms with Crippen molar-refractivity contribution in [3.63, 3.8) is 0 Å². The number of halogens is 1. The van der Waals surface area contributed by atoms with Crippen molar-refractivity contribution in [2.45, 2.75) is 51.6 Å². The van der Waals surface area contributed by atoms with Crippen molar-refractivity contribution in [1.29, 1.82) is 0 Å². The summed E-state index contributed by atoms with van der Waals surface area (Å²) in [6, 6.07) is 18.6. The van der Waals surface area contributed by atoms with Gasteiger partial charge < -0.3 is 19.7 Å². The molecule has 3 rings (SSSR count). The molecule has 232 valence electrons. The summed E-state index contributed by atoms with van der Waals surface area (Å²) in [5.41, 5.74) is 1.00. The van der Waals surface area contributed by atoms with E-state index in [4.69, 9.17) is 21.1 Å². The van der Waals surface area contributed by atoms with Gasteiger partial charge in [0.2, 0.25) is 11.8 Å². The third-order valence-corrected chi connectivity index (χ3v) is 8.71. The van der Waals surface area contributed by atoms with Gasteiger partial charge in [0.25, 0.3) is 10.0 Å². The van der Waals surface area contributed by atoms with E-state index in [0.29, 0.717) is 36.1 Å². The first kappa shape index (κ1) is 33.7. The third kappa shape index (κ3) is 9.11. The topological polar surface area (TPSA) is 105 Å². The SMILES string of the molecule is CCOc1ccc(N(CC(=O)N(Cc2cccc(OC)c2)[C@@H](CC)C(=O)NCC(C)C)S(=O)(=O)c2ccc(Cl)cc2)cc1. The Kier molecular flexibility index (Phi) is 12.3. The maximum atomic E-state index is 14.2. The van der Waals surface area contributed by atoms with Crippen molar-refractivity contribution < 1.29 is 27.5 Å². The van der Waals surface area contributed by atoms with Crippen molar-refractivity contribution in [3.8, 4) is 11.5 Å². The quantitative estimate of drug-likeness (QED) is 0.237. The highest BCUT2D eigenvalue weighted by Crippen LogP contribution is 2.28. The Labute approximate surface area is 259 Å². The van der Waals surface area contributed by atoms with Crippen molar-refractivity contribution in [1.82, 2.24) is 10.2 Å².